The summed E-state index contributed by atoms with van der Waals surface area (Å²) in [6.07, 6.45) is 35.1. The third-order valence-corrected chi connectivity index (χ3v) is 12.5. The standard InChI is InChI=1S/C52H86O17P2/c1-3-5-7-9-11-13-15-17-18-19-20-21-22-23-25-27-29-31-33-35-39-45(54)65-41-44(42-66-71(63,64)69-52-49(58)47(56)48(57)51(50(52)59)68-70(60,61)62)67-46(55)40-36-38-43(53)37-34-32-30-28-26-24-16-14-12-10-8-6-4-2/h6,8,12-15,18-19,21-22,24,26,30,32,34,37,43-44,47-53,56-59H,3-5,7,9-11,16-17,20,23,25,27-29,31,33,35-36,38-42H2,1-2H3,(H,63,64)(H2,60,61,62)/b8-6-,14-12-,15-13-,19-18-,22-21-,26-24-,32-30-,37-34+/t43?,44-,47?,48?,49?,50?,51-,52+/m1/s1. The van der Waals surface area contributed by atoms with E-state index in [4.69, 9.17) is 18.5 Å². The third kappa shape index (κ3) is 35.6. The molecule has 1 fully saturated rings. The molecule has 17 nitrogen and oxygen atoms in total. The van der Waals surface area contributed by atoms with Crippen LogP contribution in [0.4, 0.5) is 0 Å². The highest BCUT2D eigenvalue weighted by atomic mass is 31.2. The Bertz CT molecular complexity index is 1750. The van der Waals surface area contributed by atoms with Crippen molar-refractivity contribution in [3.63, 3.8) is 0 Å². The molecule has 0 aromatic carbocycles. The normalized spacial score (nSPS) is 22.1. The van der Waals surface area contributed by atoms with Gasteiger partial charge in [-0.15, -0.1) is 0 Å². The van der Waals surface area contributed by atoms with Crippen molar-refractivity contribution in [3.05, 3.63) is 97.2 Å². The van der Waals surface area contributed by atoms with Crippen molar-refractivity contribution in [2.75, 3.05) is 13.2 Å². The van der Waals surface area contributed by atoms with E-state index < -0.39 is 89.6 Å². The Balaban J connectivity index is 2.65. The molecule has 71 heavy (non-hydrogen) atoms. The SMILES string of the molecule is CC/C=C\C/C=C\C/C=C\C/C=C\C=C\C(O)CCCC(=O)O[C@H](COC(=O)CCCCCCCC/C=C\C/C=C\C/C=C\CCCCCC)COP(=O)(O)O[C@H]1C(O)C(O)C(O)[C@@H](OP(=O)(O)O)C1O. The van der Waals surface area contributed by atoms with Crippen LogP contribution >= 0.6 is 15.6 Å². The van der Waals surface area contributed by atoms with E-state index in [9.17, 15) is 58.9 Å². The molecule has 8 N–H and O–H groups in total. The fourth-order valence-corrected chi connectivity index (χ4v) is 8.60. The van der Waals surface area contributed by atoms with Gasteiger partial charge in [-0.05, 0) is 83.5 Å². The highest BCUT2D eigenvalue weighted by Gasteiger charge is 2.54. The molecule has 406 valence electrons. The average molecular weight is 1050 g/mol. The minimum absolute atomic E-state index is 0.0595. The first kappa shape index (κ1) is 65.9. The third-order valence-electron chi connectivity index (χ3n) is 11.0. The molecule has 0 radical (unpaired) electrons. The maximum atomic E-state index is 13.0. The van der Waals surface area contributed by atoms with Crippen LogP contribution in [0.2, 0.25) is 0 Å². The summed E-state index contributed by atoms with van der Waals surface area (Å²) in [4.78, 5) is 54.4. The van der Waals surface area contributed by atoms with Gasteiger partial charge in [-0.2, -0.15) is 0 Å². The molecule has 0 spiro atoms. The van der Waals surface area contributed by atoms with Crippen molar-refractivity contribution in [1.82, 2.24) is 0 Å². The number of carbonyl (C=O) groups is 2. The predicted molar refractivity (Wildman–Crippen MR) is 274 cm³/mol. The van der Waals surface area contributed by atoms with Gasteiger partial charge in [0.2, 0.25) is 0 Å². The minimum Gasteiger partial charge on any atom is -0.462 e. The van der Waals surface area contributed by atoms with Gasteiger partial charge in [-0.3, -0.25) is 23.2 Å². The summed E-state index contributed by atoms with van der Waals surface area (Å²) in [6, 6.07) is 0. The summed E-state index contributed by atoms with van der Waals surface area (Å²) < 4.78 is 49.3. The van der Waals surface area contributed by atoms with Crippen LogP contribution in [0.5, 0.6) is 0 Å². The van der Waals surface area contributed by atoms with E-state index in [1.54, 1.807) is 18.2 Å². The number of hydrogen-bond acceptors (Lipinski definition) is 14. The second-order valence-electron chi connectivity index (χ2n) is 17.3. The number of carbonyl (C=O) groups excluding carboxylic acids is 2. The fraction of sp³-hybridized carbons (Fsp3) is 0.654. The molecule has 0 bridgehead atoms. The van der Waals surface area contributed by atoms with Crippen LogP contribution in [0.15, 0.2) is 97.2 Å². The topological polar surface area (TPSA) is 276 Å². The van der Waals surface area contributed by atoms with Gasteiger partial charge in [0.15, 0.2) is 6.10 Å². The first-order valence-corrected chi connectivity index (χ1v) is 28.4. The number of aliphatic hydroxyl groups is 5. The number of aliphatic hydroxyl groups excluding tert-OH is 5. The Morgan fingerprint density at radius 1 is 0.535 bits per heavy atom. The van der Waals surface area contributed by atoms with Gasteiger partial charge in [0.1, 0.15) is 43.2 Å². The van der Waals surface area contributed by atoms with Gasteiger partial charge in [-0.1, -0.05) is 156 Å². The van der Waals surface area contributed by atoms with Crippen LogP contribution in [0.3, 0.4) is 0 Å². The van der Waals surface area contributed by atoms with Gasteiger partial charge in [-0.25, -0.2) is 9.13 Å². The molecule has 0 aliphatic heterocycles. The lowest BCUT2D eigenvalue weighted by atomic mass is 9.85. The van der Waals surface area contributed by atoms with Gasteiger partial charge >= 0.3 is 27.6 Å². The van der Waals surface area contributed by atoms with Gasteiger partial charge in [0, 0.05) is 12.8 Å². The molecular formula is C52H86O17P2. The maximum Gasteiger partial charge on any atom is 0.472 e. The average Bonchev–Trinajstić information content (AvgIpc) is 3.32. The zero-order valence-corrected chi connectivity index (χ0v) is 43.8. The van der Waals surface area contributed by atoms with Gasteiger partial charge in [0.25, 0.3) is 0 Å². The lowest BCUT2D eigenvalue weighted by Crippen LogP contribution is -2.64. The Morgan fingerprint density at radius 2 is 1.03 bits per heavy atom. The van der Waals surface area contributed by atoms with E-state index in [2.05, 4.69) is 85.2 Å². The van der Waals surface area contributed by atoms with Crippen LogP contribution in [-0.2, 0) is 41.8 Å². The second kappa shape index (κ2) is 41.3. The van der Waals surface area contributed by atoms with Gasteiger partial charge in [0.05, 0.1) is 12.7 Å². The van der Waals surface area contributed by atoms with E-state index in [0.29, 0.717) is 6.42 Å². The largest absolute Gasteiger partial charge is 0.472 e. The molecule has 1 aliphatic rings. The monoisotopic (exact) mass is 1040 g/mol. The molecule has 1 rings (SSSR count). The fourth-order valence-electron chi connectivity index (χ4n) is 7.06. The number of allylic oxidation sites excluding steroid dienone is 15. The Hall–Kier alpha value is -3.12. The second-order valence-corrected chi connectivity index (χ2v) is 19.9. The zero-order chi connectivity index (χ0) is 52.6. The lowest BCUT2D eigenvalue weighted by molar-refractivity contribution is -0.216. The molecule has 6 unspecified atom stereocenters. The highest BCUT2D eigenvalue weighted by Crippen LogP contribution is 2.49. The summed E-state index contributed by atoms with van der Waals surface area (Å²) >= 11 is 0. The van der Waals surface area contributed by atoms with Crippen LogP contribution in [0, 0.1) is 0 Å². The van der Waals surface area contributed by atoms with Crippen LogP contribution in [0.25, 0.3) is 0 Å². The molecule has 9 atom stereocenters. The molecule has 0 heterocycles. The van der Waals surface area contributed by atoms with E-state index in [-0.39, 0.29) is 25.7 Å². The van der Waals surface area contributed by atoms with Crippen molar-refractivity contribution in [2.24, 2.45) is 0 Å². The number of phosphoric acid groups is 2. The smallest absolute Gasteiger partial charge is 0.462 e. The molecule has 0 saturated heterocycles. The lowest BCUT2D eigenvalue weighted by Gasteiger charge is -2.43. The Labute approximate surface area is 422 Å². The summed E-state index contributed by atoms with van der Waals surface area (Å²) in [6.45, 7) is 2.80. The quantitative estimate of drug-likeness (QED) is 0.00931. The van der Waals surface area contributed by atoms with Gasteiger partial charge < -0.3 is 49.7 Å². The van der Waals surface area contributed by atoms with E-state index >= 15 is 0 Å². The van der Waals surface area contributed by atoms with Crippen LogP contribution in [-0.4, -0.2) is 114 Å². The predicted octanol–water partition coefficient (Wildman–Crippen LogP) is 9.31. The van der Waals surface area contributed by atoms with Crippen molar-refractivity contribution >= 4 is 27.6 Å². The maximum absolute atomic E-state index is 13.0. The molecule has 0 aromatic rings. The summed E-state index contributed by atoms with van der Waals surface area (Å²) in [7, 11) is -10.8. The number of ether oxygens (including phenoxy) is 2. The van der Waals surface area contributed by atoms with Crippen LogP contribution < -0.4 is 0 Å². The zero-order valence-electron chi connectivity index (χ0n) is 42.0. The molecule has 0 aromatic heterocycles. The van der Waals surface area contributed by atoms with E-state index in [1.165, 1.54) is 25.7 Å². The van der Waals surface area contributed by atoms with Crippen LogP contribution in [0.1, 0.15) is 155 Å². The van der Waals surface area contributed by atoms with E-state index in [1.807, 2.05) is 12.2 Å². The first-order chi connectivity index (χ1) is 34.0. The minimum atomic E-state index is -5.40. The molecule has 19 heteroatoms. The number of phosphoric ester groups is 2. The Kier molecular flexibility index (Phi) is 38.3. The highest BCUT2D eigenvalue weighted by molar-refractivity contribution is 7.47. The molecule has 1 aliphatic carbocycles. The number of rotatable bonds is 41. The van der Waals surface area contributed by atoms with Crippen molar-refractivity contribution in [3.8, 4) is 0 Å². The molecule has 0 amide bonds. The molecule has 1 saturated carbocycles. The summed E-state index contributed by atoms with van der Waals surface area (Å²) in [5, 5.41) is 51.7. The van der Waals surface area contributed by atoms with E-state index in [0.717, 1.165) is 83.5 Å². The first-order valence-electron chi connectivity index (χ1n) is 25.4. The van der Waals surface area contributed by atoms with Crippen molar-refractivity contribution in [1.29, 1.82) is 0 Å². The number of hydrogen-bond donors (Lipinski definition) is 8. The van der Waals surface area contributed by atoms with Crippen molar-refractivity contribution < 1.29 is 82.0 Å². The summed E-state index contributed by atoms with van der Waals surface area (Å²) in [5.74, 6) is -1.43. The molecular weight excluding hydrogens is 959 g/mol. The number of esters is 2. The summed E-state index contributed by atoms with van der Waals surface area (Å²) in [5.41, 5.74) is 0. The Morgan fingerprint density at radius 3 is 1.59 bits per heavy atom. The number of unbranched alkanes of at least 4 members (excludes halogenated alkanes) is 10. The van der Waals surface area contributed by atoms with Crippen molar-refractivity contribution in [2.45, 2.75) is 204 Å².